The summed E-state index contributed by atoms with van der Waals surface area (Å²) in [6.45, 7) is 2.56. The summed E-state index contributed by atoms with van der Waals surface area (Å²) in [6.07, 6.45) is 0. The van der Waals surface area contributed by atoms with Gasteiger partial charge in [-0.25, -0.2) is 0 Å². The fraction of sp³-hybridized carbons (Fsp3) is 0.294. The first-order chi connectivity index (χ1) is 10.1. The zero-order valence-electron chi connectivity index (χ0n) is 12.5. The van der Waals surface area contributed by atoms with Gasteiger partial charge in [0.25, 0.3) is 0 Å². The molecule has 1 unspecified atom stereocenters. The van der Waals surface area contributed by atoms with Gasteiger partial charge < -0.3 is 14.8 Å². The topological polar surface area (TPSA) is 30.5 Å². The van der Waals surface area contributed by atoms with Crippen molar-refractivity contribution in [3.05, 3.63) is 58.6 Å². The van der Waals surface area contributed by atoms with E-state index in [4.69, 9.17) is 21.1 Å². The van der Waals surface area contributed by atoms with Crippen LogP contribution in [0, 0.1) is 0 Å². The second-order valence-corrected chi connectivity index (χ2v) is 5.27. The third-order valence-electron chi connectivity index (χ3n) is 3.40. The molecule has 112 valence electrons. The standard InChI is InChI=1S/C17H20ClNO2/c1-12(19-2)16-8-7-15(20-3)10-17(16)21-11-13-5-4-6-14(18)9-13/h4-10,12,19H,11H2,1-3H3. The number of rotatable bonds is 6. The molecule has 0 heterocycles. The Morgan fingerprint density at radius 3 is 2.67 bits per heavy atom. The van der Waals surface area contributed by atoms with E-state index in [1.807, 2.05) is 49.5 Å². The second kappa shape index (κ2) is 7.34. The number of hydrogen-bond donors (Lipinski definition) is 1. The maximum Gasteiger partial charge on any atom is 0.128 e. The van der Waals surface area contributed by atoms with Gasteiger partial charge in [-0.05, 0) is 37.7 Å². The quantitative estimate of drug-likeness (QED) is 0.867. The van der Waals surface area contributed by atoms with Gasteiger partial charge in [-0.1, -0.05) is 29.8 Å². The van der Waals surface area contributed by atoms with E-state index in [2.05, 4.69) is 12.2 Å². The van der Waals surface area contributed by atoms with Crippen molar-refractivity contribution < 1.29 is 9.47 Å². The zero-order chi connectivity index (χ0) is 15.2. The minimum Gasteiger partial charge on any atom is -0.497 e. The SMILES string of the molecule is CNC(C)c1ccc(OC)cc1OCc1cccc(Cl)c1. The fourth-order valence-corrected chi connectivity index (χ4v) is 2.28. The van der Waals surface area contributed by atoms with Gasteiger partial charge in [0.15, 0.2) is 0 Å². The molecule has 0 aliphatic carbocycles. The molecule has 21 heavy (non-hydrogen) atoms. The molecule has 0 saturated carbocycles. The first kappa shape index (κ1) is 15.7. The average molecular weight is 306 g/mol. The summed E-state index contributed by atoms with van der Waals surface area (Å²) >= 11 is 5.99. The summed E-state index contributed by atoms with van der Waals surface area (Å²) < 4.78 is 11.2. The molecular formula is C17H20ClNO2. The molecule has 0 fully saturated rings. The van der Waals surface area contributed by atoms with Crippen LogP contribution in [-0.2, 0) is 6.61 Å². The van der Waals surface area contributed by atoms with E-state index < -0.39 is 0 Å². The summed E-state index contributed by atoms with van der Waals surface area (Å²) in [7, 11) is 3.58. The van der Waals surface area contributed by atoms with Gasteiger partial charge in [0, 0.05) is 22.7 Å². The van der Waals surface area contributed by atoms with Crippen LogP contribution in [-0.4, -0.2) is 14.2 Å². The summed E-state index contributed by atoms with van der Waals surface area (Å²) in [5.41, 5.74) is 2.13. The zero-order valence-corrected chi connectivity index (χ0v) is 13.3. The van der Waals surface area contributed by atoms with Crippen LogP contribution >= 0.6 is 11.6 Å². The molecular weight excluding hydrogens is 286 g/mol. The van der Waals surface area contributed by atoms with E-state index in [-0.39, 0.29) is 6.04 Å². The van der Waals surface area contributed by atoms with Crippen LogP contribution in [0.1, 0.15) is 24.1 Å². The van der Waals surface area contributed by atoms with Crippen LogP contribution in [0.4, 0.5) is 0 Å². The van der Waals surface area contributed by atoms with Crippen molar-refractivity contribution in [1.29, 1.82) is 0 Å². The summed E-state index contributed by atoms with van der Waals surface area (Å²) in [4.78, 5) is 0. The van der Waals surface area contributed by atoms with Crippen LogP contribution in [0.3, 0.4) is 0 Å². The molecule has 3 nitrogen and oxygen atoms in total. The summed E-state index contributed by atoms with van der Waals surface area (Å²) in [6, 6.07) is 13.7. The lowest BCUT2D eigenvalue weighted by Gasteiger charge is -2.17. The minimum absolute atomic E-state index is 0.199. The number of nitrogens with one attached hydrogen (secondary N) is 1. The molecule has 0 saturated heterocycles. The lowest BCUT2D eigenvalue weighted by Crippen LogP contribution is -2.13. The Bertz CT molecular complexity index is 601. The Kier molecular flexibility index (Phi) is 5.48. The molecule has 1 N–H and O–H groups in total. The van der Waals surface area contributed by atoms with E-state index in [1.54, 1.807) is 7.11 Å². The maximum atomic E-state index is 5.99. The van der Waals surface area contributed by atoms with Crippen molar-refractivity contribution >= 4 is 11.6 Å². The highest BCUT2D eigenvalue weighted by Gasteiger charge is 2.11. The highest BCUT2D eigenvalue weighted by atomic mass is 35.5. The van der Waals surface area contributed by atoms with Gasteiger partial charge in [0.1, 0.15) is 18.1 Å². The first-order valence-corrected chi connectivity index (χ1v) is 7.24. The van der Waals surface area contributed by atoms with E-state index in [0.29, 0.717) is 11.6 Å². The van der Waals surface area contributed by atoms with Gasteiger partial charge in [-0.3, -0.25) is 0 Å². The van der Waals surface area contributed by atoms with Gasteiger partial charge in [0.05, 0.1) is 7.11 Å². The van der Waals surface area contributed by atoms with Crippen LogP contribution in [0.2, 0.25) is 5.02 Å². The molecule has 2 aromatic rings. The van der Waals surface area contributed by atoms with E-state index >= 15 is 0 Å². The van der Waals surface area contributed by atoms with Gasteiger partial charge in [-0.15, -0.1) is 0 Å². The van der Waals surface area contributed by atoms with E-state index in [9.17, 15) is 0 Å². The maximum absolute atomic E-state index is 5.99. The molecule has 0 aliphatic heterocycles. The van der Waals surface area contributed by atoms with Crippen molar-refractivity contribution in [2.45, 2.75) is 19.6 Å². The normalized spacial score (nSPS) is 12.0. The Hall–Kier alpha value is -1.71. The van der Waals surface area contributed by atoms with Gasteiger partial charge in [0.2, 0.25) is 0 Å². The molecule has 2 rings (SSSR count). The minimum atomic E-state index is 0.199. The van der Waals surface area contributed by atoms with Crippen LogP contribution in [0.25, 0.3) is 0 Å². The third-order valence-corrected chi connectivity index (χ3v) is 3.64. The summed E-state index contributed by atoms with van der Waals surface area (Å²) in [5, 5.41) is 3.94. The van der Waals surface area contributed by atoms with Crippen molar-refractivity contribution in [2.75, 3.05) is 14.2 Å². The Labute approximate surface area is 130 Å². The van der Waals surface area contributed by atoms with Crippen molar-refractivity contribution in [1.82, 2.24) is 5.32 Å². The molecule has 0 radical (unpaired) electrons. The molecule has 4 heteroatoms. The van der Waals surface area contributed by atoms with Crippen molar-refractivity contribution in [3.8, 4) is 11.5 Å². The predicted octanol–water partition coefficient (Wildman–Crippen LogP) is 4.21. The molecule has 0 spiro atoms. The number of ether oxygens (including phenoxy) is 2. The molecule has 1 atom stereocenters. The lowest BCUT2D eigenvalue weighted by atomic mass is 10.1. The van der Waals surface area contributed by atoms with Crippen LogP contribution in [0.15, 0.2) is 42.5 Å². The average Bonchev–Trinajstić information content (AvgIpc) is 2.52. The van der Waals surface area contributed by atoms with Crippen molar-refractivity contribution in [3.63, 3.8) is 0 Å². The van der Waals surface area contributed by atoms with E-state index in [0.717, 1.165) is 22.6 Å². The highest BCUT2D eigenvalue weighted by molar-refractivity contribution is 6.30. The molecule has 0 aliphatic rings. The molecule has 0 aromatic heterocycles. The predicted molar refractivity (Wildman–Crippen MR) is 86.3 cm³/mol. The number of benzene rings is 2. The van der Waals surface area contributed by atoms with Gasteiger partial charge in [-0.2, -0.15) is 0 Å². The third kappa shape index (κ3) is 4.13. The lowest BCUT2D eigenvalue weighted by molar-refractivity contribution is 0.297. The second-order valence-electron chi connectivity index (χ2n) is 4.83. The Balaban J connectivity index is 2.20. The van der Waals surface area contributed by atoms with Crippen LogP contribution in [0.5, 0.6) is 11.5 Å². The van der Waals surface area contributed by atoms with Gasteiger partial charge >= 0.3 is 0 Å². The monoisotopic (exact) mass is 305 g/mol. The number of methoxy groups -OCH3 is 1. The van der Waals surface area contributed by atoms with Crippen LogP contribution < -0.4 is 14.8 Å². The smallest absolute Gasteiger partial charge is 0.128 e. The molecule has 0 bridgehead atoms. The van der Waals surface area contributed by atoms with Crippen molar-refractivity contribution in [2.24, 2.45) is 0 Å². The molecule has 0 amide bonds. The summed E-state index contributed by atoms with van der Waals surface area (Å²) in [5.74, 6) is 1.60. The Morgan fingerprint density at radius 1 is 1.19 bits per heavy atom. The molecule has 2 aromatic carbocycles. The largest absolute Gasteiger partial charge is 0.497 e. The first-order valence-electron chi connectivity index (χ1n) is 6.86. The number of hydrogen-bond acceptors (Lipinski definition) is 3. The highest BCUT2D eigenvalue weighted by Crippen LogP contribution is 2.30. The van der Waals surface area contributed by atoms with E-state index in [1.165, 1.54) is 0 Å². The number of halogens is 1. The fourth-order valence-electron chi connectivity index (χ4n) is 2.07. The Morgan fingerprint density at radius 2 is 2.00 bits per heavy atom.